The summed E-state index contributed by atoms with van der Waals surface area (Å²) in [6, 6.07) is 23.8. The summed E-state index contributed by atoms with van der Waals surface area (Å²) in [6.45, 7) is 3.49. The highest BCUT2D eigenvalue weighted by Gasteiger charge is 2.63. The Morgan fingerprint density at radius 2 is 1.50 bits per heavy atom. The smallest absolute Gasteiger partial charge is 0.261 e. The van der Waals surface area contributed by atoms with E-state index >= 15 is 0 Å². The third-order valence-electron chi connectivity index (χ3n) is 7.91. The van der Waals surface area contributed by atoms with Crippen LogP contribution in [0.3, 0.4) is 0 Å². The lowest BCUT2D eigenvalue weighted by Gasteiger charge is -2.56. The monoisotopic (exact) mass is 629 g/mol. The van der Waals surface area contributed by atoms with Crippen molar-refractivity contribution in [2.24, 2.45) is 0 Å². The summed E-state index contributed by atoms with van der Waals surface area (Å²) in [6.07, 6.45) is 0.170. The van der Waals surface area contributed by atoms with Gasteiger partial charge in [0.25, 0.3) is 11.8 Å². The first kappa shape index (κ1) is 31.2. The summed E-state index contributed by atoms with van der Waals surface area (Å²) >= 11 is 1.49. The highest BCUT2D eigenvalue weighted by atomic mass is 32.2. The molecule has 3 aromatic carbocycles. The van der Waals surface area contributed by atoms with Crippen molar-refractivity contribution in [3.05, 3.63) is 95.6 Å². The number of amides is 2. The van der Waals surface area contributed by atoms with E-state index in [4.69, 9.17) is 9.47 Å². The van der Waals surface area contributed by atoms with Gasteiger partial charge in [0.1, 0.15) is 0 Å². The molecule has 1 saturated heterocycles. The highest BCUT2D eigenvalue weighted by molar-refractivity contribution is 8.16. The molecule has 5 rings (SSSR count). The minimum absolute atomic E-state index is 0.0609. The first-order chi connectivity index (χ1) is 21.2. The Hall–Kier alpha value is -4.27. The van der Waals surface area contributed by atoms with Crippen LogP contribution in [0.5, 0.6) is 11.5 Å². The fourth-order valence-electron chi connectivity index (χ4n) is 5.48. The van der Waals surface area contributed by atoms with Gasteiger partial charge in [-0.3, -0.25) is 19.2 Å². The molecule has 0 aliphatic carbocycles. The lowest BCUT2D eigenvalue weighted by Crippen LogP contribution is -2.73. The molecule has 0 saturated carbocycles. The number of likely N-dealkylation sites (N-methyl/N-ethyl adjacent to an activating group) is 1. The predicted octanol–water partition coefficient (Wildman–Crippen LogP) is 6.03. The van der Waals surface area contributed by atoms with Gasteiger partial charge in [-0.2, -0.15) is 5.26 Å². The van der Waals surface area contributed by atoms with Crippen molar-refractivity contribution in [1.82, 2.24) is 9.80 Å². The molecule has 11 heteroatoms. The van der Waals surface area contributed by atoms with Crippen LogP contribution in [-0.4, -0.2) is 55.4 Å². The van der Waals surface area contributed by atoms with Gasteiger partial charge in [0.05, 0.1) is 12.1 Å². The first-order valence-electron chi connectivity index (χ1n) is 14.1. The number of carbonyl (C=O) groups is 4. The van der Waals surface area contributed by atoms with E-state index in [0.29, 0.717) is 34.6 Å². The molecule has 0 bridgehead atoms. The Morgan fingerprint density at radius 1 is 0.909 bits per heavy atom. The first-order valence-corrected chi connectivity index (χ1v) is 15.7. The number of nitrogens with zero attached hydrogens (tertiary/aromatic N) is 3. The maximum atomic E-state index is 15.0. The SMILES string of the molecule is CC[C@H](c1ccc2c(c1)OCO2)N1C(=O)[C@](C)(SC(=O)c2ccccc2)N(C)C(=O)[C@@]1(CCC#N)SC(=O)c1ccccc1. The number of carbonyl (C=O) groups excluding carboxylic acids is 4. The van der Waals surface area contributed by atoms with Crippen molar-refractivity contribution in [3.63, 3.8) is 0 Å². The topological polar surface area (TPSA) is 117 Å². The van der Waals surface area contributed by atoms with E-state index in [1.807, 2.05) is 6.92 Å². The van der Waals surface area contributed by atoms with Crippen LogP contribution >= 0.6 is 23.5 Å². The summed E-state index contributed by atoms with van der Waals surface area (Å²) < 4.78 is 11.1. The van der Waals surface area contributed by atoms with Crippen LogP contribution in [0.25, 0.3) is 0 Å². The second kappa shape index (κ2) is 12.8. The molecular weight excluding hydrogens is 599 g/mol. The van der Waals surface area contributed by atoms with Crippen molar-refractivity contribution in [1.29, 1.82) is 5.26 Å². The summed E-state index contributed by atoms with van der Waals surface area (Å²) in [7, 11) is 1.47. The molecule has 2 amide bonds. The average Bonchev–Trinajstić information content (AvgIpc) is 3.53. The van der Waals surface area contributed by atoms with Crippen molar-refractivity contribution >= 4 is 45.6 Å². The number of fused-ring (bicyclic) bond motifs is 1. The molecule has 2 aliphatic rings. The molecule has 9 nitrogen and oxygen atoms in total. The Balaban J connectivity index is 1.67. The van der Waals surface area contributed by atoms with Crippen LogP contribution in [0.1, 0.15) is 65.4 Å². The van der Waals surface area contributed by atoms with E-state index in [-0.39, 0.29) is 24.7 Å². The van der Waals surface area contributed by atoms with E-state index in [2.05, 4.69) is 6.07 Å². The van der Waals surface area contributed by atoms with Crippen LogP contribution < -0.4 is 9.47 Å². The van der Waals surface area contributed by atoms with Gasteiger partial charge in [0, 0.05) is 31.0 Å². The van der Waals surface area contributed by atoms with Gasteiger partial charge in [-0.1, -0.05) is 73.7 Å². The summed E-state index contributed by atoms with van der Waals surface area (Å²) in [4.78, 5) is 56.2. The van der Waals surface area contributed by atoms with E-state index in [9.17, 15) is 24.4 Å². The molecule has 0 N–H and O–H groups in total. The van der Waals surface area contributed by atoms with Gasteiger partial charge in [0.2, 0.25) is 17.0 Å². The van der Waals surface area contributed by atoms with Crippen LogP contribution in [-0.2, 0) is 9.59 Å². The predicted molar refractivity (Wildman–Crippen MR) is 168 cm³/mol. The van der Waals surface area contributed by atoms with Crippen molar-refractivity contribution < 1.29 is 28.7 Å². The molecule has 0 spiro atoms. The maximum Gasteiger partial charge on any atom is 0.261 e. The Morgan fingerprint density at radius 3 is 2.09 bits per heavy atom. The minimum atomic E-state index is -1.78. The fraction of sp³-hybridized carbons (Fsp3) is 0.303. The zero-order valence-electron chi connectivity index (χ0n) is 24.5. The van der Waals surface area contributed by atoms with Gasteiger partial charge in [-0.05, 0) is 54.6 Å². The zero-order chi connectivity index (χ0) is 31.5. The van der Waals surface area contributed by atoms with Crippen LogP contribution in [0, 0.1) is 11.3 Å². The normalized spacial score (nSPS) is 21.6. The molecular formula is C33H31N3O6S2. The largest absolute Gasteiger partial charge is 0.454 e. The van der Waals surface area contributed by atoms with Gasteiger partial charge < -0.3 is 19.3 Å². The molecule has 0 unspecified atom stereocenters. The van der Waals surface area contributed by atoms with Crippen molar-refractivity contribution in [2.45, 2.75) is 48.9 Å². The summed E-state index contributed by atoms with van der Waals surface area (Å²) in [5, 5.41) is 8.89. The molecule has 2 aliphatic heterocycles. The third kappa shape index (κ3) is 5.55. The minimum Gasteiger partial charge on any atom is -0.454 e. The maximum absolute atomic E-state index is 15.0. The molecule has 1 fully saturated rings. The molecule has 3 atom stereocenters. The van der Waals surface area contributed by atoms with Crippen LogP contribution in [0.4, 0.5) is 0 Å². The molecule has 2 heterocycles. The van der Waals surface area contributed by atoms with E-state index in [1.54, 1.807) is 85.8 Å². The van der Waals surface area contributed by atoms with E-state index in [0.717, 1.165) is 23.5 Å². The Kier molecular flexibility index (Phi) is 9.04. The van der Waals surface area contributed by atoms with Crippen molar-refractivity contribution in [3.8, 4) is 17.6 Å². The van der Waals surface area contributed by atoms with Gasteiger partial charge in [0.15, 0.2) is 21.2 Å². The summed E-state index contributed by atoms with van der Waals surface area (Å²) in [5.41, 5.74) is 1.41. The number of piperazine rings is 1. The number of thioether (sulfide) groups is 2. The quantitative estimate of drug-likeness (QED) is 0.280. The lowest BCUT2D eigenvalue weighted by atomic mass is 9.93. The second-order valence-corrected chi connectivity index (χ2v) is 13.1. The molecule has 44 heavy (non-hydrogen) atoms. The standard InChI is InChI=1S/C33H31N3O6S2/c1-4-25(24-16-17-26-27(20-24)42-21-41-26)36-30(39)32(2,43-28(37)22-12-7-5-8-13-22)35(3)31(40)33(36,18-11-19-34)44-29(38)23-14-9-6-10-15-23/h5-10,12-17,20,25H,4,11,18,21H2,1-3H3/t25-,32+,33-/m1/s1. The van der Waals surface area contributed by atoms with Gasteiger partial charge in [-0.25, -0.2) is 0 Å². The van der Waals surface area contributed by atoms with Crippen LogP contribution in [0.15, 0.2) is 78.9 Å². The second-order valence-electron chi connectivity index (χ2n) is 10.5. The number of ether oxygens (including phenoxy) is 2. The Labute approximate surface area is 264 Å². The lowest BCUT2D eigenvalue weighted by molar-refractivity contribution is -0.167. The number of hydrogen-bond donors (Lipinski definition) is 0. The molecule has 0 aromatic heterocycles. The number of rotatable bonds is 9. The average molecular weight is 630 g/mol. The number of benzene rings is 3. The number of nitriles is 1. The molecule has 3 aromatic rings. The van der Waals surface area contributed by atoms with E-state index in [1.165, 1.54) is 16.8 Å². The fourth-order valence-corrected chi connectivity index (χ4v) is 7.80. The van der Waals surface area contributed by atoms with Crippen molar-refractivity contribution in [2.75, 3.05) is 13.8 Å². The molecule has 0 radical (unpaired) electrons. The number of hydrogen-bond acceptors (Lipinski definition) is 9. The summed E-state index contributed by atoms with van der Waals surface area (Å²) in [5.74, 6) is -0.00937. The van der Waals surface area contributed by atoms with Gasteiger partial charge in [-0.15, -0.1) is 0 Å². The van der Waals surface area contributed by atoms with Crippen LogP contribution in [0.2, 0.25) is 0 Å². The molecule has 226 valence electrons. The van der Waals surface area contributed by atoms with Gasteiger partial charge >= 0.3 is 0 Å². The third-order valence-corrected chi connectivity index (χ3v) is 10.5. The zero-order valence-corrected chi connectivity index (χ0v) is 26.2. The van der Waals surface area contributed by atoms with E-state index < -0.39 is 32.7 Å². The Bertz CT molecular complexity index is 1630. The highest BCUT2D eigenvalue weighted by Crippen LogP contribution is 2.52.